The van der Waals surface area contributed by atoms with E-state index in [2.05, 4.69) is 33.5 Å². The second kappa shape index (κ2) is 7.32. The minimum absolute atomic E-state index is 0.0354. The molecule has 4 rings (SSSR count). The molecule has 0 aliphatic carbocycles. The van der Waals surface area contributed by atoms with Gasteiger partial charge in [0.1, 0.15) is 0 Å². The maximum absolute atomic E-state index is 6.35. The highest BCUT2D eigenvalue weighted by atomic mass is 35.5. The molecule has 1 aliphatic rings. The number of thioether (sulfide) groups is 1. The van der Waals surface area contributed by atoms with Crippen molar-refractivity contribution in [3.8, 4) is 0 Å². The first-order valence-corrected chi connectivity index (χ1v) is 9.67. The van der Waals surface area contributed by atoms with Crippen LogP contribution in [0.4, 0.5) is 0 Å². The summed E-state index contributed by atoms with van der Waals surface area (Å²) in [4.78, 5) is 0. The molecule has 0 saturated carbocycles. The predicted octanol–water partition coefficient (Wildman–Crippen LogP) is 3.76. The third-order valence-electron chi connectivity index (χ3n) is 4.08. The zero-order valence-corrected chi connectivity index (χ0v) is 16.0. The summed E-state index contributed by atoms with van der Waals surface area (Å²) >= 11 is 13.8. The Labute approximate surface area is 165 Å². The maximum Gasteiger partial charge on any atom is 0.214 e. The van der Waals surface area contributed by atoms with Gasteiger partial charge in [-0.05, 0) is 23.8 Å². The summed E-state index contributed by atoms with van der Waals surface area (Å²) in [6, 6.07) is 15.6. The van der Waals surface area contributed by atoms with E-state index < -0.39 is 0 Å². The topological polar surface area (TPSA) is 70.4 Å². The van der Waals surface area contributed by atoms with Gasteiger partial charge in [-0.3, -0.25) is 5.43 Å². The minimum atomic E-state index is -0.0354. The van der Waals surface area contributed by atoms with Crippen LogP contribution in [0.3, 0.4) is 0 Å². The van der Waals surface area contributed by atoms with Crippen molar-refractivity contribution in [3.05, 3.63) is 80.9 Å². The second-order valence-corrected chi connectivity index (χ2v) is 7.63. The average molecular weight is 405 g/mol. The number of fused-ring (bicyclic) bond motifs is 1. The molecule has 1 atom stereocenters. The third-order valence-corrected chi connectivity index (χ3v) is 5.46. The van der Waals surface area contributed by atoms with Gasteiger partial charge in [0, 0.05) is 22.4 Å². The molecular formula is C18H16Cl2N5S+. The van der Waals surface area contributed by atoms with Gasteiger partial charge < -0.3 is 5.73 Å². The molecule has 0 bridgehead atoms. The lowest BCUT2D eigenvalue weighted by atomic mass is 10.1. The van der Waals surface area contributed by atoms with Crippen molar-refractivity contribution in [3.63, 3.8) is 0 Å². The Morgan fingerprint density at radius 2 is 1.92 bits per heavy atom. The SMILES string of the molecule is [NH3+][C@@H](Cc1ccccc1)c1nnc2n1NC(c1ccc(Cl)cc1Cl)=CS2. The highest BCUT2D eigenvalue weighted by Gasteiger charge is 2.25. The van der Waals surface area contributed by atoms with Gasteiger partial charge in [-0.15, -0.1) is 10.2 Å². The molecule has 2 heterocycles. The fourth-order valence-corrected chi connectivity index (χ4v) is 4.05. The molecule has 26 heavy (non-hydrogen) atoms. The number of benzene rings is 2. The van der Waals surface area contributed by atoms with Gasteiger partial charge in [0.2, 0.25) is 11.0 Å². The molecule has 3 aromatic rings. The van der Waals surface area contributed by atoms with Gasteiger partial charge in [-0.25, -0.2) is 4.68 Å². The zero-order chi connectivity index (χ0) is 18.1. The Kier molecular flexibility index (Phi) is 4.91. The first kappa shape index (κ1) is 17.4. The van der Waals surface area contributed by atoms with E-state index in [1.165, 1.54) is 17.3 Å². The average Bonchev–Trinajstić information content (AvgIpc) is 3.06. The highest BCUT2D eigenvalue weighted by Crippen LogP contribution is 2.33. The second-order valence-electron chi connectivity index (χ2n) is 5.95. The van der Waals surface area contributed by atoms with Crippen molar-refractivity contribution in [2.45, 2.75) is 17.6 Å². The molecule has 0 saturated heterocycles. The van der Waals surface area contributed by atoms with Gasteiger partial charge in [-0.1, -0.05) is 65.3 Å². The summed E-state index contributed by atoms with van der Waals surface area (Å²) in [5, 5.41) is 12.5. The van der Waals surface area contributed by atoms with Crippen LogP contribution in [-0.4, -0.2) is 14.9 Å². The van der Waals surface area contributed by atoms with E-state index in [0.29, 0.717) is 10.0 Å². The Balaban J connectivity index is 1.59. The number of aromatic nitrogens is 3. The van der Waals surface area contributed by atoms with Crippen LogP contribution in [0.2, 0.25) is 10.0 Å². The van der Waals surface area contributed by atoms with Crippen LogP contribution in [0.5, 0.6) is 0 Å². The largest absolute Gasteiger partial charge is 0.348 e. The molecular weight excluding hydrogens is 389 g/mol. The van der Waals surface area contributed by atoms with Crippen LogP contribution >= 0.6 is 35.0 Å². The number of nitrogens with one attached hydrogen (secondary N) is 1. The summed E-state index contributed by atoms with van der Waals surface area (Å²) in [6.07, 6.45) is 0.784. The van der Waals surface area contributed by atoms with E-state index in [1.54, 1.807) is 6.07 Å². The van der Waals surface area contributed by atoms with Crippen molar-refractivity contribution in [1.29, 1.82) is 0 Å². The molecule has 0 spiro atoms. The van der Waals surface area contributed by atoms with Gasteiger partial charge in [0.05, 0.1) is 10.7 Å². The third kappa shape index (κ3) is 3.46. The Bertz CT molecular complexity index is 971. The van der Waals surface area contributed by atoms with Gasteiger partial charge in [-0.2, -0.15) is 0 Å². The first-order valence-electron chi connectivity index (χ1n) is 8.03. The molecule has 1 aromatic heterocycles. The van der Waals surface area contributed by atoms with Crippen LogP contribution in [0.25, 0.3) is 5.70 Å². The van der Waals surface area contributed by atoms with Gasteiger partial charge in [0.25, 0.3) is 0 Å². The van der Waals surface area contributed by atoms with Crippen molar-refractivity contribution in [1.82, 2.24) is 14.9 Å². The molecule has 1 aliphatic heterocycles. The molecule has 0 radical (unpaired) electrons. The number of nitrogens with zero attached hydrogens (tertiary/aromatic N) is 3. The summed E-state index contributed by atoms with van der Waals surface area (Å²) in [7, 11) is 0. The van der Waals surface area contributed by atoms with E-state index in [-0.39, 0.29) is 6.04 Å². The molecule has 0 unspecified atom stereocenters. The van der Waals surface area contributed by atoms with Gasteiger partial charge in [0.15, 0.2) is 6.04 Å². The number of hydrogen-bond acceptors (Lipinski definition) is 4. The molecule has 8 heteroatoms. The zero-order valence-electron chi connectivity index (χ0n) is 13.7. The van der Waals surface area contributed by atoms with E-state index in [9.17, 15) is 0 Å². The summed E-state index contributed by atoms with van der Waals surface area (Å²) in [6.45, 7) is 0. The number of quaternary nitrogens is 1. The predicted molar refractivity (Wildman–Crippen MR) is 105 cm³/mol. The van der Waals surface area contributed by atoms with Crippen molar-refractivity contribution in [2.75, 3.05) is 5.43 Å². The number of hydrogen-bond donors (Lipinski definition) is 2. The van der Waals surface area contributed by atoms with Crippen LogP contribution in [0, 0.1) is 0 Å². The van der Waals surface area contributed by atoms with E-state index in [0.717, 1.165) is 28.7 Å². The Morgan fingerprint density at radius 3 is 2.69 bits per heavy atom. The molecule has 2 aromatic carbocycles. The smallest absolute Gasteiger partial charge is 0.214 e. The lowest BCUT2D eigenvalue weighted by Gasteiger charge is -2.20. The summed E-state index contributed by atoms with van der Waals surface area (Å²) in [5.41, 5.74) is 10.6. The molecule has 0 amide bonds. The molecule has 4 N–H and O–H groups in total. The quantitative estimate of drug-likeness (QED) is 0.694. The fourth-order valence-electron chi connectivity index (χ4n) is 2.81. The maximum atomic E-state index is 6.35. The van der Waals surface area contributed by atoms with E-state index >= 15 is 0 Å². The van der Waals surface area contributed by atoms with E-state index in [1.807, 2.05) is 40.4 Å². The minimum Gasteiger partial charge on any atom is -0.348 e. The summed E-state index contributed by atoms with van der Waals surface area (Å²) in [5.74, 6) is 0.784. The van der Waals surface area contributed by atoms with Crippen molar-refractivity contribution < 1.29 is 5.73 Å². The number of rotatable bonds is 4. The summed E-state index contributed by atoms with van der Waals surface area (Å²) < 4.78 is 1.88. The van der Waals surface area contributed by atoms with Crippen LogP contribution in [-0.2, 0) is 6.42 Å². The standard InChI is InChI=1S/C18H15Cl2N5S/c19-12-6-7-13(14(20)9-12)16-10-26-18-23-22-17(25(18)24-16)15(21)8-11-4-2-1-3-5-11/h1-7,9-10,15,24H,8,21H2/p+1/t15-/m0/s1. The lowest BCUT2D eigenvalue weighted by molar-refractivity contribution is -0.428. The lowest BCUT2D eigenvalue weighted by Crippen LogP contribution is -2.56. The van der Waals surface area contributed by atoms with E-state index in [4.69, 9.17) is 23.2 Å². The monoisotopic (exact) mass is 404 g/mol. The number of halogens is 2. The van der Waals surface area contributed by atoms with Crippen molar-refractivity contribution in [2.24, 2.45) is 0 Å². The van der Waals surface area contributed by atoms with Crippen LogP contribution in [0.15, 0.2) is 59.1 Å². The van der Waals surface area contributed by atoms with Crippen molar-refractivity contribution >= 4 is 40.7 Å². The fraction of sp³-hybridized carbons (Fsp3) is 0.111. The normalized spacial score (nSPS) is 14.3. The molecule has 5 nitrogen and oxygen atoms in total. The molecule has 132 valence electrons. The Hall–Kier alpha value is -1.99. The van der Waals surface area contributed by atoms with Crippen LogP contribution in [0.1, 0.15) is 23.0 Å². The highest BCUT2D eigenvalue weighted by molar-refractivity contribution is 8.02. The van der Waals surface area contributed by atoms with Gasteiger partial charge >= 0.3 is 0 Å². The first-order chi connectivity index (χ1) is 12.6. The molecule has 0 fully saturated rings. The Morgan fingerprint density at radius 1 is 1.12 bits per heavy atom. The van der Waals surface area contributed by atoms with Crippen LogP contribution < -0.4 is 11.2 Å².